The quantitative estimate of drug-likeness (QED) is 0.514. The number of imidazole rings is 1. The van der Waals surface area contributed by atoms with Gasteiger partial charge in [-0.3, -0.25) is 4.79 Å². The number of amides is 1. The van der Waals surface area contributed by atoms with Crippen molar-refractivity contribution in [1.29, 1.82) is 0 Å². The molecule has 1 unspecified atom stereocenters. The lowest BCUT2D eigenvalue weighted by Gasteiger charge is -2.31. The van der Waals surface area contributed by atoms with E-state index in [4.69, 9.17) is 21.3 Å². The summed E-state index contributed by atoms with van der Waals surface area (Å²) in [7, 11) is 1.94. The number of para-hydroxylation sites is 2. The van der Waals surface area contributed by atoms with Crippen LogP contribution in [0, 0.1) is 0 Å². The highest BCUT2D eigenvalue weighted by Crippen LogP contribution is 2.27. The number of ether oxygens (including phenoxy) is 1. The monoisotopic (exact) mass is 425 g/mol. The van der Waals surface area contributed by atoms with Crippen molar-refractivity contribution >= 4 is 28.5 Å². The fourth-order valence-corrected chi connectivity index (χ4v) is 4.39. The van der Waals surface area contributed by atoms with Gasteiger partial charge in [-0.25, -0.2) is 4.98 Å². The van der Waals surface area contributed by atoms with E-state index in [0.29, 0.717) is 11.1 Å². The van der Waals surface area contributed by atoms with Gasteiger partial charge in [-0.15, -0.1) is 0 Å². The van der Waals surface area contributed by atoms with E-state index in [0.717, 1.165) is 35.4 Å². The molecule has 158 valence electrons. The van der Waals surface area contributed by atoms with Gasteiger partial charge in [0.25, 0.3) is 0 Å². The SMILES string of the molecule is CC(Oc1ccc(Cl)cc1)c1nc2ccccc2n1CC(=O)N(C)C1CCCCC1. The fourth-order valence-electron chi connectivity index (χ4n) is 4.26. The van der Waals surface area contributed by atoms with E-state index in [9.17, 15) is 4.79 Å². The molecule has 0 spiro atoms. The standard InChI is InChI=1S/C24H28ClN3O2/c1-17(30-20-14-12-18(25)13-15-20)24-26-21-10-6-7-11-22(21)28(24)16-23(29)27(2)19-8-4-3-5-9-19/h6-7,10-15,17,19H,3-5,8-9,16H2,1-2H3. The number of likely N-dealkylation sites (N-methyl/N-ethyl adjacent to an activating group) is 1. The minimum atomic E-state index is -0.314. The van der Waals surface area contributed by atoms with Crippen LogP contribution in [0.4, 0.5) is 0 Å². The van der Waals surface area contributed by atoms with Crippen molar-refractivity contribution in [3.05, 3.63) is 59.4 Å². The van der Waals surface area contributed by atoms with Gasteiger partial charge in [-0.05, 0) is 56.2 Å². The Morgan fingerprint density at radius 2 is 1.87 bits per heavy atom. The van der Waals surface area contributed by atoms with E-state index >= 15 is 0 Å². The zero-order chi connectivity index (χ0) is 21.1. The first-order valence-electron chi connectivity index (χ1n) is 10.7. The number of hydrogen-bond donors (Lipinski definition) is 0. The van der Waals surface area contributed by atoms with Gasteiger partial charge in [0.2, 0.25) is 5.91 Å². The molecule has 1 atom stereocenters. The Labute approximate surface area is 182 Å². The second-order valence-electron chi connectivity index (χ2n) is 8.06. The zero-order valence-electron chi connectivity index (χ0n) is 17.6. The molecule has 1 saturated carbocycles. The molecule has 0 bridgehead atoms. The predicted octanol–water partition coefficient (Wildman–Crippen LogP) is 5.62. The Morgan fingerprint density at radius 1 is 1.17 bits per heavy atom. The highest BCUT2D eigenvalue weighted by Gasteiger charge is 2.25. The van der Waals surface area contributed by atoms with Crippen LogP contribution in [-0.2, 0) is 11.3 Å². The third-order valence-corrected chi connectivity index (χ3v) is 6.24. The van der Waals surface area contributed by atoms with E-state index in [1.165, 1.54) is 19.3 Å². The average molecular weight is 426 g/mol. The maximum atomic E-state index is 13.1. The number of carbonyl (C=O) groups is 1. The number of hydrogen-bond acceptors (Lipinski definition) is 3. The summed E-state index contributed by atoms with van der Waals surface area (Å²) in [6, 6.07) is 15.5. The molecule has 1 aromatic heterocycles. The lowest BCUT2D eigenvalue weighted by atomic mass is 9.94. The molecule has 1 amide bonds. The highest BCUT2D eigenvalue weighted by atomic mass is 35.5. The number of rotatable bonds is 6. The predicted molar refractivity (Wildman–Crippen MR) is 120 cm³/mol. The van der Waals surface area contributed by atoms with Gasteiger partial charge >= 0.3 is 0 Å². The Balaban J connectivity index is 1.59. The third kappa shape index (κ3) is 4.46. The summed E-state index contributed by atoms with van der Waals surface area (Å²) in [6.45, 7) is 2.22. The molecule has 1 fully saturated rings. The topological polar surface area (TPSA) is 47.4 Å². The van der Waals surface area contributed by atoms with Crippen molar-refractivity contribution in [1.82, 2.24) is 14.5 Å². The average Bonchev–Trinajstić information content (AvgIpc) is 3.14. The normalized spacial score (nSPS) is 15.8. The summed E-state index contributed by atoms with van der Waals surface area (Å²) >= 11 is 5.98. The minimum absolute atomic E-state index is 0.116. The van der Waals surface area contributed by atoms with Crippen LogP contribution in [0.1, 0.15) is 51.0 Å². The van der Waals surface area contributed by atoms with Crippen molar-refractivity contribution in [2.75, 3.05) is 7.05 Å². The first-order valence-corrected chi connectivity index (χ1v) is 11.0. The van der Waals surface area contributed by atoms with E-state index in [1.54, 1.807) is 12.1 Å². The molecular formula is C24H28ClN3O2. The van der Waals surface area contributed by atoms with Crippen molar-refractivity contribution in [3.63, 3.8) is 0 Å². The van der Waals surface area contributed by atoms with Gasteiger partial charge in [0.15, 0.2) is 11.9 Å². The second-order valence-corrected chi connectivity index (χ2v) is 8.49. The van der Waals surface area contributed by atoms with Crippen LogP contribution in [-0.4, -0.2) is 33.4 Å². The molecule has 30 heavy (non-hydrogen) atoms. The molecule has 4 rings (SSSR count). The molecule has 1 heterocycles. The number of carbonyl (C=O) groups excluding carboxylic acids is 1. The maximum Gasteiger partial charge on any atom is 0.242 e. The first kappa shape index (κ1) is 20.7. The molecule has 1 aliphatic rings. The van der Waals surface area contributed by atoms with Crippen LogP contribution in [0.5, 0.6) is 5.75 Å². The Hall–Kier alpha value is -2.53. The van der Waals surface area contributed by atoms with Crippen LogP contribution >= 0.6 is 11.6 Å². The Bertz CT molecular complexity index is 1010. The first-order chi connectivity index (χ1) is 14.5. The van der Waals surface area contributed by atoms with Crippen LogP contribution in [0.2, 0.25) is 5.02 Å². The summed E-state index contributed by atoms with van der Waals surface area (Å²) in [5.41, 5.74) is 1.82. The molecule has 0 aliphatic heterocycles. The zero-order valence-corrected chi connectivity index (χ0v) is 18.3. The number of nitrogens with zero attached hydrogens (tertiary/aromatic N) is 3. The second kappa shape index (κ2) is 9.09. The molecule has 0 N–H and O–H groups in total. The highest BCUT2D eigenvalue weighted by molar-refractivity contribution is 6.30. The van der Waals surface area contributed by atoms with Gasteiger partial charge in [-0.1, -0.05) is 43.0 Å². The van der Waals surface area contributed by atoms with E-state index in [2.05, 4.69) is 0 Å². The smallest absolute Gasteiger partial charge is 0.242 e. The molecular weight excluding hydrogens is 398 g/mol. The Kier molecular flexibility index (Phi) is 6.28. The van der Waals surface area contributed by atoms with Gasteiger partial charge < -0.3 is 14.2 Å². The molecule has 0 saturated heterocycles. The van der Waals surface area contributed by atoms with Crippen molar-refractivity contribution in [2.45, 2.75) is 57.7 Å². The van der Waals surface area contributed by atoms with Crippen LogP contribution in [0.3, 0.4) is 0 Å². The number of benzene rings is 2. The molecule has 3 aromatic rings. The third-order valence-electron chi connectivity index (χ3n) is 5.98. The van der Waals surface area contributed by atoms with Gasteiger partial charge in [0.05, 0.1) is 11.0 Å². The summed E-state index contributed by atoms with van der Waals surface area (Å²) in [5, 5.41) is 0.665. The van der Waals surface area contributed by atoms with Gasteiger partial charge in [0, 0.05) is 18.1 Å². The van der Waals surface area contributed by atoms with Crippen molar-refractivity contribution in [2.24, 2.45) is 0 Å². The molecule has 6 heteroatoms. The fraction of sp³-hybridized carbons (Fsp3) is 0.417. The van der Waals surface area contributed by atoms with Gasteiger partial charge in [0.1, 0.15) is 12.3 Å². The van der Waals surface area contributed by atoms with E-state index in [-0.39, 0.29) is 18.6 Å². The largest absolute Gasteiger partial charge is 0.483 e. The number of fused-ring (bicyclic) bond motifs is 1. The van der Waals surface area contributed by atoms with Crippen molar-refractivity contribution in [3.8, 4) is 5.75 Å². The number of aromatic nitrogens is 2. The van der Waals surface area contributed by atoms with E-state index in [1.807, 2.05) is 59.8 Å². The van der Waals surface area contributed by atoms with Crippen LogP contribution in [0.25, 0.3) is 11.0 Å². The summed E-state index contributed by atoms with van der Waals surface area (Å²) in [4.78, 5) is 19.9. The van der Waals surface area contributed by atoms with Crippen LogP contribution < -0.4 is 4.74 Å². The lowest BCUT2D eigenvalue weighted by Crippen LogP contribution is -2.40. The molecule has 1 aliphatic carbocycles. The maximum absolute atomic E-state index is 13.1. The minimum Gasteiger partial charge on any atom is -0.483 e. The van der Waals surface area contributed by atoms with Crippen molar-refractivity contribution < 1.29 is 9.53 Å². The van der Waals surface area contributed by atoms with Gasteiger partial charge in [-0.2, -0.15) is 0 Å². The lowest BCUT2D eigenvalue weighted by molar-refractivity contribution is -0.133. The molecule has 5 nitrogen and oxygen atoms in total. The Morgan fingerprint density at radius 3 is 2.60 bits per heavy atom. The summed E-state index contributed by atoms with van der Waals surface area (Å²) in [5.74, 6) is 1.58. The summed E-state index contributed by atoms with van der Waals surface area (Å²) < 4.78 is 8.11. The molecule has 0 radical (unpaired) electrons. The summed E-state index contributed by atoms with van der Waals surface area (Å²) in [6.07, 6.45) is 5.55. The number of halogens is 1. The van der Waals surface area contributed by atoms with Crippen LogP contribution in [0.15, 0.2) is 48.5 Å². The van der Waals surface area contributed by atoms with E-state index < -0.39 is 0 Å². The molecule has 2 aromatic carbocycles.